The number of hydrogen-bond donors (Lipinski definition) is 2. The fraction of sp³-hybridized carbons (Fsp3) is 0.0526. The zero-order valence-electron chi connectivity index (χ0n) is 15.7. The highest BCUT2D eigenvalue weighted by Gasteiger charge is 2.27. The van der Waals surface area contributed by atoms with Gasteiger partial charge < -0.3 is 14.6 Å². The summed E-state index contributed by atoms with van der Waals surface area (Å²) in [7, 11) is -4.06. The van der Waals surface area contributed by atoms with Crippen LogP contribution in [0.25, 0.3) is 11.1 Å². The molecule has 3 N–H and O–H groups in total. The lowest BCUT2D eigenvalue weighted by molar-refractivity contribution is 0.422. The number of nitrogens with two attached hydrogens (primary N) is 1. The number of aromatic nitrogens is 2. The Balaban J connectivity index is 1.84. The number of oxazole rings is 2. The molecule has 1 unspecified atom stereocenters. The van der Waals surface area contributed by atoms with Crippen molar-refractivity contribution in [2.45, 2.75) is 10.9 Å². The van der Waals surface area contributed by atoms with Crippen molar-refractivity contribution in [3.8, 4) is 0 Å². The first-order chi connectivity index (χ1) is 14.9. The molecule has 0 saturated heterocycles. The third-order valence-corrected chi connectivity index (χ3v) is 6.04. The smallest absolute Gasteiger partial charge is 0.420 e. The Morgan fingerprint density at radius 3 is 2.71 bits per heavy atom. The number of nitrogens with zero attached hydrogens (tertiary/aromatic N) is 3. The van der Waals surface area contributed by atoms with Crippen LogP contribution in [0.3, 0.4) is 0 Å². The number of fused-ring (bicyclic) bond motifs is 1. The second-order valence-corrected chi connectivity index (χ2v) is 8.31. The molecule has 1 atom stereocenters. The number of aliphatic imine (C=N–C) groups is 1. The molecule has 0 spiro atoms. The van der Waals surface area contributed by atoms with E-state index in [-0.39, 0.29) is 21.5 Å². The molecule has 10 nitrogen and oxygen atoms in total. The molecule has 0 aliphatic rings. The molecular formula is C19H15N5O5S2. The molecule has 158 valence electrons. The fourth-order valence-electron chi connectivity index (χ4n) is 3.10. The van der Waals surface area contributed by atoms with Crippen LogP contribution in [0.5, 0.6) is 0 Å². The van der Waals surface area contributed by atoms with Gasteiger partial charge in [-0.1, -0.05) is 30.3 Å². The van der Waals surface area contributed by atoms with E-state index in [2.05, 4.69) is 14.7 Å². The summed E-state index contributed by atoms with van der Waals surface area (Å²) in [6, 6.07) is 12.4. The zero-order valence-corrected chi connectivity index (χ0v) is 17.3. The summed E-state index contributed by atoms with van der Waals surface area (Å²) in [5.74, 6) is -0.424. The van der Waals surface area contributed by atoms with Gasteiger partial charge in [0.1, 0.15) is 12.3 Å². The summed E-state index contributed by atoms with van der Waals surface area (Å²) in [5.41, 5.74) is 6.28. The lowest BCUT2D eigenvalue weighted by Crippen LogP contribution is -2.28. The van der Waals surface area contributed by atoms with Crippen molar-refractivity contribution in [3.63, 3.8) is 0 Å². The first-order valence-electron chi connectivity index (χ1n) is 8.81. The molecule has 12 heteroatoms. The third-order valence-electron chi connectivity index (χ3n) is 4.37. The molecule has 0 amide bonds. The van der Waals surface area contributed by atoms with E-state index in [0.717, 1.165) is 11.9 Å². The van der Waals surface area contributed by atoms with Gasteiger partial charge >= 0.3 is 5.76 Å². The monoisotopic (exact) mass is 457 g/mol. The average molecular weight is 457 g/mol. The molecule has 0 aliphatic heterocycles. The molecule has 2 aromatic carbocycles. The van der Waals surface area contributed by atoms with Crippen LogP contribution in [0.2, 0.25) is 0 Å². The molecule has 31 heavy (non-hydrogen) atoms. The van der Waals surface area contributed by atoms with Crippen LogP contribution in [0.1, 0.15) is 17.5 Å². The largest absolute Gasteiger partial charge is 0.446 e. The van der Waals surface area contributed by atoms with Crippen molar-refractivity contribution < 1.29 is 17.3 Å². The maximum atomic E-state index is 12.8. The third kappa shape index (κ3) is 3.98. The molecule has 0 radical (unpaired) electrons. The van der Waals surface area contributed by atoms with Crippen molar-refractivity contribution in [1.82, 2.24) is 14.3 Å². The van der Waals surface area contributed by atoms with E-state index in [1.165, 1.54) is 35.2 Å². The molecule has 0 saturated carbocycles. The second-order valence-electron chi connectivity index (χ2n) is 6.24. The molecule has 2 aromatic heterocycles. The number of sulfonamides is 1. The first-order valence-corrected chi connectivity index (χ1v) is 10.7. The number of hydrogen-bond acceptors (Lipinski definition) is 7. The van der Waals surface area contributed by atoms with Gasteiger partial charge in [-0.05, 0) is 29.9 Å². The Bertz CT molecular complexity index is 1420. The van der Waals surface area contributed by atoms with Gasteiger partial charge in [0.15, 0.2) is 5.58 Å². The maximum absolute atomic E-state index is 12.8. The lowest BCUT2D eigenvalue weighted by Gasteiger charge is -2.15. The second kappa shape index (κ2) is 8.16. The van der Waals surface area contributed by atoms with E-state index in [9.17, 15) is 13.2 Å². The molecular weight excluding hydrogens is 442 g/mol. The predicted octanol–water partition coefficient (Wildman–Crippen LogP) is 1.77. The van der Waals surface area contributed by atoms with Crippen molar-refractivity contribution in [3.05, 3.63) is 83.0 Å². The van der Waals surface area contributed by atoms with Gasteiger partial charge in [-0.15, -0.1) is 0 Å². The van der Waals surface area contributed by atoms with Crippen molar-refractivity contribution in [2.75, 3.05) is 0 Å². The number of rotatable bonds is 5. The van der Waals surface area contributed by atoms with Crippen molar-refractivity contribution >= 4 is 44.8 Å². The van der Waals surface area contributed by atoms with Crippen LogP contribution in [-0.4, -0.2) is 29.4 Å². The lowest BCUT2D eigenvalue weighted by atomic mass is 10.1. The van der Waals surface area contributed by atoms with E-state index in [1.54, 1.807) is 0 Å². The van der Waals surface area contributed by atoms with Crippen LogP contribution in [0, 0.1) is 0 Å². The van der Waals surface area contributed by atoms with E-state index >= 15 is 0 Å². The fourth-order valence-corrected chi connectivity index (χ4v) is 4.40. The minimum Gasteiger partial charge on any atom is -0.446 e. The molecule has 0 fully saturated rings. The van der Waals surface area contributed by atoms with E-state index in [1.807, 2.05) is 30.3 Å². The summed E-state index contributed by atoms with van der Waals surface area (Å²) >= 11 is 4.79. The minimum absolute atomic E-state index is 0.0635. The summed E-state index contributed by atoms with van der Waals surface area (Å²) in [5, 5.41) is -0.324. The maximum Gasteiger partial charge on any atom is 0.420 e. The predicted molar refractivity (Wildman–Crippen MR) is 116 cm³/mol. The van der Waals surface area contributed by atoms with Gasteiger partial charge in [0.2, 0.25) is 11.0 Å². The summed E-state index contributed by atoms with van der Waals surface area (Å²) in [6.07, 6.45) is 3.75. The minimum atomic E-state index is -4.06. The van der Waals surface area contributed by atoms with E-state index in [0.29, 0.717) is 5.52 Å². The zero-order chi connectivity index (χ0) is 22.0. The Labute approximate surface area is 181 Å². The molecule has 4 aromatic rings. The van der Waals surface area contributed by atoms with Crippen molar-refractivity contribution in [1.29, 1.82) is 0 Å². The molecule has 4 rings (SSSR count). The molecule has 0 aliphatic carbocycles. The topological polar surface area (TPSA) is 146 Å². The summed E-state index contributed by atoms with van der Waals surface area (Å²) in [6.45, 7) is 0. The standard InChI is InChI=1S/C19H15N5O5S2/c20-11-22-18(30)23-31(26,27)13-6-7-14-15(10-13)29-19(25)24(14)16(17-21-8-9-28-17)12-4-2-1-3-5-12/h1-11,16H,(H3,20,22,23,30). The first kappa shape index (κ1) is 20.5. The van der Waals surface area contributed by atoms with Crippen LogP contribution in [-0.2, 0) is 10.0 Å². The van der Waals surface area contributed by atoms with Crippen LogP contribution >= 0.6 is 12.2 Å². The number of benzene rings is 2. The van der Waals surface area contributed by atoms with Gasteiger partial charge in [-0.3, -0.25) is 9.29 Å². The average Bonchev–Trinajstić information content (AvgIpc) is 3.37. The number of nitrogens with one attached hydrogen (secondary N) is 1. The summed E-state index contributed by atoms with van der Waals surface area (Å²) < 4.78 is 39.3. The quantitative estimate of drug-likeness (QED) is 0.262. The van der Waals surface area contributed by atoms with Gasteiger partial charge in [-0.25, -0.2) is 23.2 Å². The summed E-state index contributed by atoms with van der Waals surface area (Å²) in [4.78, 5) is 20.3. The molecule has 0 bridgehead atoms. The Hall–Kier alpha value is -3.77. The SMILES string of the molecule is N/C=N\C(=S)NS(=O)(=O)c1ccc2c(c1)oc(=O)n2C(c1ccccc1)c1ncco1. The van der Waals surface area contributed by atoms with Crippen LogP contribution in [0.4, 0.5) is 0 Å². The Morgan fingerprint density at radius 2 is 2.03 bits per heavy atom. The van der Waals surface area contributed by atoms with Gasteiger partial charge in [0, 0.05) is 6.07 Å². The van der Waals surface area contributed by atoms with Gasteiger partial charge in [0.25, 0.3) is 10.0 Å². The van der Waals surface area contributed by atoms with E-state index in [4.69, 9.17) is 26.8 Å². The Kier molecular flexibility index (Phi) is 5.40. The van der Waals surface area contributed by atoms with Crippen LogP contribution < -0.4 is 16.2 Å². The highest BCUT2D eigenvalue weighted by atomic mass is 32.2. The molecule has 2 heterocycles. The number of thiocarbonyl (C=S) groups is 1. The van der Waals surface area contributed by atoms with Gasteiger partial charge in [0.05, 0.1) is 22.9 Å². The van der Waals surface area contributed by atoms with Crippen molar-refractivity contribution in [2.24, 2.45) is 10.7 Å². The van der Waals surface area contributed by atoms with Crippen LogP contribution in [0.15, 0.2) is 84.5 Å². The highest BCUT2D eigenvalue weighted by molar-refractivity contribution is 7.91. The Morgan fingerprint density at radius 1 is 1.26 bits per heavy atom. The normalized spacial score (nSPS) is 12.9. The van der Waals surface area contributed by atoms with Gasteiger partial charge in [-0.2, -0.15) is 0 Å². The highest BCUT2D eigenvalue weighted by Crippen LogP contribution is 2.29. The van der Waals surface area contributed by atoms with E-state index < -0.39 is 21.8 Å².